The Morgan fingerprint density at radius 2 is 1.79 bits per heavy atom. The number of carbonyl (C=O) groups is 1. The minimum atomic E-state index is -0.218. The van der Waals surface area contributed by atoms with Crippen molar-refractivity contribution in [3.8, 4) is 28.5 Å². The molecular weight excluding hydrogens is 428 g/mol. The number of pyridine rings is 1. The number of methoxy groups -OCH3 is 1. The number of nitrogens with zero attached hydrogens (tertiary/aromatic N) is 5. The quantitative estimate of drug-likeness (QED) is 0.404. The number of rotatable bonds is 7. The third-order valence-corrected chi connectivity index (χ3v) is 5.34. The molecule has 1 N–H and O–H groups in total. The fraction of sp³-hybridized carbons (Fsp3) is 0.0769. The molecule has 0 aliphatic carbocycles. The molecule has 3 aromatic heterocycles. The zero-order chi connectivity index (χ0) is 23.3. The van der Waals surface area contributed by atoms with Crippen molar-refractivity contribution in [2.75, 3.05) is 7.11 Å². The Labute approximate surface area is 196 Å². The predicted molar refractivity (Wildman–Crippen MR) is 128 cm³/mol. The lowest BCUT2D eigenvalue weighted by molar-refractivity contribution is 0.0951. The van der Waals surface area contributed by atoms with E-state index >= 15 is 0 Å². The predicted octanol–water partition coefficient (Wildman–Crippen LogP) is 4.06. The van der Waals surface area contributed by atoms with E-state index in [1.54, 1.807) is 35.1 Å². The smallest absolute Gasteiger partial charge is 0.255 e. The van der Waals surface area contributed by atoms with Crippen molar-refractivity contribution in [1.82, 2.24) is 29.9 Å². The Morgan fingerprint density at radius 1 is 0.971 bits per heavy atom. The van der Waals surface area contributed by atoms with Gasteiger partial charge in [0, 0.05) is 36.9 Å². The summed E-state index contributed by atoms with van der Waals surface area (Å²) in [6, 6.07) is 22.8. The van der Waals surface area contributed by atoms with Gasteiger partial charge in [0.25, 0.3) is 5.91 Å². The zero-order valence-corrected chi connectivity index (χ0v) is 18.5. The molecule has 0 atom stereocenters. The Balaban J connectivity index is 1.39. The van der Waals surface area contributed by atoms with Crippen LogP contribution in [0, 0.1) is 0 Å². The average molecular weight is 451 g/mol. The van der Waals surface area contributed by atoms with Gasteiger partial charge in [0.05, 0.1) is 18.4 Å². The molecule has 2 aromatic carbocycles. The molecule has 3 heterocycles. The van der Waals surface area contributed by atoms with Crippen LogP contribution in [0.25, 0.3) is 22.8 Å². The Hall–Kier alpha value is -4.72. The van der Waals surface area contributed by atoms with Crippen molar-refractivity contribution in [3.63, 3.8) is 0 Å². The molecule has 0 bridgehead atoms. The summed E-state index contributed by atoms with van der Waals surface area (Å²) in [5.74, 6) is 1.23. The van der Waals surface area contributed by atoms with Crippen LogP contribution in [-0.4, -0.2) is 37.6 Å². The summed E-state index contributed by atoms with van der Waals surface area (Å²) in [5, 5.41) is 11.9. The van der Waals surface area contributed by atoms with E-state index in [2.05, 4.69) is 15.4 Å². The second-order valence-electron chi connectivity index (χ2n) is 7.56. The van der Waals surface area contributed by atoms with E-state index in [0.29, 0.717) is 23.6 Å². The zero-order valence-electron chi connectivity index (χ0n) is 18.5. The van der Waals surface area contributed by atoms with Crippen molar-refractivity contribution < 1.29 is 9.53 Å². The van der Waals surface area contributed by atoms with Gasteiger partial charge in [-0.05, 0) is 54.1 Å². The largest absolute Gasteiger partial charge is 0.497 e. The van der Waals surface area contributed by atoms with Gasteiger partial charge < -0.3 is 10.1 Å². The van der Waals surface area contributed by atoms with Crippen molar-refractivity contribution in [2.24, 2.45) is 0 Å². The number of hydrogen-bond donors (Lipinski definition) is 1. The lowest BCUT2D eigenvalue weighted by Crippen LogP contribution is -2.23. The second-order valence-corrected chi connectivity index (χ2v) is 7.56. The van der Waals surface area contributed by atoms with Crippen LogP contribution in [0.15, 0.2) is 97.6 Å². The molecule has 0 unspecified atom stereocenters. The summed E-state index contributed by atoms with van der Waals surface area (Å²) in [7, 11) is 1.62. The molecule has 0 radical (unpaired) electrons. The highest BCUT2D eigenvalue weighted by atomic mass is 16.5. The standard InChI is InChI=1S/C26H22N6O2/c1-34-22-11-9-20(10-12-22)25-23(18-32(30-25)21-6-3-2-4-7-21)26(33)28-17-19-8-13-24(27-16-19)31-15-5-14-29-31/h2-16,18H,17H2,1H3,(H,28,33). The van der Waals surface area contributed by atoms with Crippen LogP contribution in [0.5, 0.6) is 5.75 Å². The first-order valence-electron chi connectivity index (χ1n) is 10.7. The van der Waals surface area contributed by atoms with Gasteiger partial charge in [-0.3, -0.25) is 4.79 Å². The monoisotopic (exact) mass is 450 g/mol. The van der Waals surface area contributed by atoms with E-state index in [9.17, 15) is 4.79 Å². The summed E-state index contributed by atoms with van der Waals surface area (Å²) in [6.45, 7) is 0.337. The molecule has 168 valence electrons. The van der Waals surface area contributed by atoms with Crippen LogP contribution in [0.3, 0.4) is 0 Å². The van der Waals surface area contributed by atoms with Crippen LogP contribution in [0.4, 0.5) is 0 Å². The molecular formula is C26H22N6O2. The van der Waals surface area contributed by atoms with E-state index in [1.165, 1.54) is 0 Å². The van der Waals surface area contributed by atoms with E-state index in [4.69, 9.17) is 9.84 Å². The molecule has 0 aliphatic rings. The molecule has 5 rings (SSSR count). The number of nitrogens with one attached hydrogen (secondary N) is 1. The number of amides is 1. The van der Waals surface area contributed by atoms with Gasteiger partial charge in [0.1, 0.15) is 11.4 Å². The molecule has 1 amide bonds. The van der Waals surface area contributed by atoms with Crippen molar-refractivity contribution in [1.29, 1.82) is 0 Å². The molecule has 0 saturated heterocycles. The van der Waals surface area contributed by atoms with Crippen LogP contribution < -0.4 is 10.1 Å². The highest BCUT2D eigenvalue weighted by Crippen LogP contribution is 2.26. The number of para-hydroxylation sites is 1. The lowest BCUT2D eigenvalue weighted by Gasteiger charge is -2.07. The number of carbonyl (C=O) groups excluding carboxylic acids is 1. The van der Waals surface area contributed by atoms with E-state index in [-0.39, 0.29) is 5.91 Å². The molecule has 34 heavy (non-hydrogen) atoms. The average Bonchev–Trinajstić information content (AvgIpc) is 3.59. The minimum absolute atomic E-state index is 0.218. The fourth-order valence-electron chi connectivity index (χ4n) is 3.55. The molecule has 8 nitrogen and oxygen atoms in total. The first-order chi connectivity index (χ1) is 16.7. The number of benzene rings is 2. The van der Waals surface area contributed by atoms with Crippen molar-refractivity contribution in [3.05, 3.63) is 109 Å². The molecule has 5 aromatic rings. The third kappa shape index (κ3) is 4.42. The van der Waals surface area contributed by atoms with Crippen LogP contribution >= 0.6 is 0 Å². The van der Waals surface area contributed by atoms with Crippen LogP contribution in [0.1, 0.15) is 15.9 Å². The SMILES string of the molecule is COc1ccc(-c2nn(-c3ccccc3)cc2C(=O)NCc2ccc(-n3cccn3)nc2)cc1. The highest BCUT2D eigenvalue weighted by Gasteiger charge is 2.19. The van der Waals surface area contributed by atoms with Gasteiger partial charge in [-0.1, -0.05) is 24.3 Å². The Kier molecular flexibility index (Phi) is 5.85. The summed E-state index contributed by atoms with van der Waals surface area (Å²) in [6.07, 6.45) is 7.01. The first-order valence-corrected chi connectivity index (χ1v) is 10.7. The van der Waals surface area contributed by atoms with E-state index in [0.717, 1.165) is 22.6 Å². The molecule has 0 fully saturated rings. The third-order valence-electron chi connectivity index (χ3n) is 5.34. The number of hydrogen-bond acceptors (Lipinski definition) is 5. The maximum atomic E-state index is 13.2. The summed E-state index contributed by atoms with van der Waals surface area (Å²) >= 11 is 0. The topological polar surface area (TPSA) is 86.9 Å². The minimum Gasteiger partial charge on any atom is -0.497 e. The van der Waals surface area contributed by atoms with Crippen molar-refractivity contribution in [2.45, 2.75) is 6.54 Å². The van der Waals surface area contributed by atoms with Gasteiger partial charge in [0.2, 0.25) is 0 Å². The molecule has 0 saturated carbocycles. The van der Waals surface area contributed by atoms with Gasteiger partial charge in [-0.15, -0.1) is 0 Å². The van der Waals surface area contributed by atoms with E-state index in [1.807, 2.05) is 79.0 Å². The molecule has 0 aliphatic heterocycles. The summed E-state index contributed by atoms with van der Waals surface area (Å²) in [4.78, 5) is 17.6. The summed E-state index contributed by atoms with van der Waals surface area (Å²) in [5.41, 5.74) is 3.65. The highest BCUT2D eigenvalue weighted by molar-refractivity contribution is 5.99. The fourth-order valence-corrected chi connectivity index (χ4v) is 3.55. The summed E-state index contributed by atoms with van der Waals surface area (Å²) < 4.78 is 8.66. The van der Waals surface area contributed by atoms with Crippen molar-refractivity contribution >= 4 is 5.91 Å². The molecule has 0 spiro atoms. The maximum absolute atomic E-state index is 13.2. The Bertz CT molecular complexity index is 1380. The van der Waals surface area contributed by atoms with Crippen LogP contribution in [-0.2, 0) is 6.54 Å². The molecule has 8 heteroatoms. The number of aromatic nitrogens is 5. The second kappa shape index (κ2) is 9.41. The van der Waals surface area contributed by atoms with Crippen LogP contribution in [0.2, 0.25) is 0 Å². The van der Waals surface area contributed by atoms with Gasteiger partial charge in [0.15, 0.2) is 5.82 Å². The maximum Gasteiger partial charge on any atom is 0.255 e. The first kappa shape index (κ1) is 21.1. The van der Waals surface area contributed by atoms with Gasteiger partial charge in [-0.25, -0.2) is 14.3 Å². The van der Waals surface area contributed by atoms with Gasteiger partial charge in [-0.2, -0.15) is 10.2 Å². The lowest BCUT2D eigenvalue weighted by atomic mass is 10.1. The number of ether oxygens (including phenoxy) is 1. The Morgan fingerprint density at radius 3 is 2.47 bits per heavy atom. The van der Waals surface area contributed by atoms with Gasteiger partial charge >= 0.3 is 0 Å². The van der Waals surface area contributed by atoms with E-state index < -0.39 is 0 Å². The normalized spacial score (nSPS) is 10.7.